The van der Waals surface area contributed by atoms with Gasteiger partial charge in [0, 0.05) is 49.3 Å². The van der Waals surface area contributed by atoms with Gasteiger partial charge in [0.15, 0.2) is 0 Å². The number of hydrogen-bond donors (Lipinski definition) is 3. The number of carboxylic acids is 1. The third-order valence-electron chi connectivity index (χ3n) is 7.31. The molecule has 14 heteroatoms. The Bertz CT molecular complexity index is 1190. The van der Waals surface area contributed by atoms with Crippen LogP contribution in [0.1, 0.15) is 44.3 Å². The minimum atomic E-state index is -5.08. The molecular formula is C26H34F4N4O5S. The minimum Gasteiger partial charge on any atom is -0.475 e. The average molecular weight is 591 g/mol. The number of ether oxygens (including phenoxy) is 2. The Morgan fingerprint density at radius 2 is 1.70 bits per heavy atom. The molecule has 0 radical (unpaired) electrons. The highest BCUT2D eigenvalue weighted by molar-refractivity contribution is 7.99. The van der Waals surface area contributed by atoms with E-state index < -0.39 is 23.5 Å². The Hall–Kier alpha value is -2.42. The lowest BCUT2D eigenvalue weighted by Gasteiger charge is -2.39. The third kappa shape index (κ3) is 8.54. The molecule has 0 amide bonds. The number of nitrogens with zero attached hydrogens (tertiary/aromatic N) is 2. The number of aromatic nitrogens is 2. The Morgan fingerprint density at radius 1 is 1.07 bits per heavy atom. The van der Waals surface area contributed by atoms with Crippen molar-refractivity contribution in [2.24, 2.45) is 0 Å². The van der Waals surface area contributed by atoms with Gasteiger partial charge in [-0.3, -0.25) is 9.69 Å². The number of hydrogen-bond acceptors (Lipinski definition) is 8. The van der Waals surface area contributed by atoms with Crippen molar-refractivity contribution in [3.05, 3.63) is 34.1 Å². The van der Waals surface area contributed by atoms with E-state index in [9.17, 15) is 22.4 Å². The van der Waals surface area contributed by atoms with E-state index in [4.69, 9.17) is 19.4 Å². The van der Waals surface area contributed by atoms with Gasteiger partial charge in [-0.2, -0.15) is 24.9 Å². The van der Waals surface area contributed by atoms with Crippen molar-refractivity contribution in [1.82, 2.24) is 14.9 Å². The highest BCUT2D eigenvalue weighted by Gasteiger charge is 2.38. The van der Waals surface area contributed by atoms with Gasteiger partial charge in [0.05, 0.1) is 24.5 Å². The number of thioether (sulfide) groups is 1. The number of fused-ring (bicyclic) bond motifs is 1. The number of H-pyrrole nitrogens is 1. The number of aromatic amines is 1. The van der Waals surface area contributed by atoms with Gasteiger partial charge < -0.3 is 24.9 Å². The number of alkyl halides is 3. The van der Waals surface area contributed by atoms with Gasteiger partial charge >= 0.3 is 12.1 Å². The zero-order chi connectivity index (χ0) is 28.7. The second-order valence-corrected chi connectivity index (χ2v) is 11.4. The second kappa shape index (κ2) is 14.0. The maximum absolute atomic E-state index is 14.8. The molecule has 2 aliphatic heterocycles. The number of carboxylic acid groups (broad SMARTS) is 1. The number of carbonyl (C=O) groups is 1. The molecule has 2 aromatic rings. The summed E-state index contributed by atoms with van der Waals surface area (Å²) in [7, 11) is 0. The average Bonchev–Trinajstić information content (AvgIpc) is 2.93. The normalized spacial score (nSPS) is 22.9. The van der Waals surface area contributed by atoms with Gasteiger partial charge in [-0.1, -0.05) is 0 Å². The summed E-state index contributed by atoms with van der Waals surface area (Å²) in [5.41, 5.74) is 0.722. The first kappa shape index (κ1) is 30.5. The van der Waals surface area contributed by atoms with Crippen LogP contribution in [0.2, 0.25) is 0 Å². The van der Waals surface area contributed by atoms with Crippen LogP contribution < -0.4 is 10.9 Å². The predicted molar refractivity (Wildman–Crippen MR) is 143 cm³/mol. The monoisotopic (exact) mass is 590 g/mol. The van der Waals surface area contributed by atoms with Crippen LogP contribution in [0.3, 0.4) is 0 Å². The van der Waals surface area contributed by atoms with Crippen LogP contribution >= 0.6 is 11.8 Å². The van der Waals surface area contributed by atoms with Crippen LogP contribution in [0.4, 0.5) is 23.2 Å². The van der Waals surface area contributed by atoms with Crippen molar-refractivity contribution >= 4 is 34.3 Å². The molecule has 3 fully saturated rings. The van der Waals surface area contributed by atoms with E-state index in [-0.39, 0.29) is 5.39 Å². The summed E-state index contributed by atoms with van der Waals surface area (Å²) in [6.45, 7) is 5.27. The van der Waals surface area contributed by atoms with Gasteiger partial charge in [-0.15, -0.1) is 0 Å². The first-order valence-electron chi connectivity index (χ1n) is 13.4. The van der Waals surface area contributed by atoms with Crippen LogP contribution in [0.25, 0.3) is 10.9 Å². The number of benzene rings is 1. The molecule has 3 heterocycles. The van der Waals surface area contributed by atoms with E-state index in [1.807, 2.05) is 6.07 Å². The smallest absolute Gasteiger partial charge is 0.475 e. The quantitative estimate of drug-likeness (QED) is 0.427. The van der Waals surface area contributed by atoms with Crippen LogP contribution in [0.15, 0.2) is 16.9 Å². The number of aliphatic carboxylic acids is 1. The Balaban J connectivity index is 0.000000470. The maximum Gasteiger partial charge on any atom is 0.490 e. The Morgan fingerprint density at radius 3 is 2.33 bits per heavy atom. The zero-order valence-corrected chi connectivity index (χ0v) is 22.8. The fourth-order valence-electron chi connectivity index (χ4n) is 5.23. The first-order chi connectivity index (χ1) is 19.1. The van der Waals surface area contributed by atoms with Crippen molar-refractivity contribution < 1.29 is 36.9 Å². The van der Waals surface area contributed by atoms with Crippen molar-refractivity contribution in [3.63, 3.8) is 0 Å². The van der Waals surface area contributed by atoms with Gasteiger partial charge in [0.1, 0.15) is 17.0 Å². The second-order valence-electron chi connectivity index (χ2n) is 10.1. The Labute approximate surface area is 233 Å². The summed E-state index contributed by atoms with van der Waals surface area (Å²) in [6, 6.07) is 4.19. The highest BCUT2D eigenvalue weighted by Crippen LogP contribution is 2.29. The lowest BCUT2D eigenvalue weighted by Crippen LogP contribution is -2.46. The number of halogens is 4. The number of morpholine rings is 1. The fraction of sp³-hybridized carbons (Fsp3) is 0.654. The summed E-state index contributed by atoms with van der Waals surface area (Å²) in [5.74, 6) is -2.06. The number of nitrogens with one attached hydrogen (secondary N) is 2. The minimum absolute atomic E-state index is 0.0383. The van der Waals surface area contributed by atoms with Crippen molar-refractivity contribution in [2.45, 2.75) is 67.8 Å². The molecule has 0 spiro atoms. The van der Waals surface area contributed by atoms with E-state index in [2.05, 4.69) is 20.2 Å². The summed E-state index contributed by atoms with van der Waals surface area (Å²) in [6.07, 6.45) is 1.32. The van der Waals surface area contributed by atoms with Gasteiger partial charge in [-0.25, -0.2) is 14.2 Å². The van der Waals surface area contributed by atoms with E-state index >= 15 is 0 Å². The third-order valence-corrected chi connectivity index (χ3v) is 8.69. The molecule has 1 aliphatic carbocycles. The SMILES string of the molecule is O=C(O)C(F)(F)F.O=c1[nH]c(CSC2CCOCC2)nc2cc(N[C@H]3CC[C@H](N4CCOCC4)CC3)cc(F)c12. The number of rotatable bonds is 6. The van der Waals surface area contributed by atoms with E-state index in [0.29, 0.717) is 40.1 Å². The van der Waals surface area contributed by atoms with E-state index in [1.165, 1.54) is 6.07 Å². The van der Waals surface area contributed by atoms with E-state index in [1.54, 1.807) is 11.8 Å². The van der Waals surface area contributed by atoms with Crippen LogP contribution in [-0.4, -0.2) is 89.0 Å². The molecule has 1 aromatic heterocycles. The molecule has 1 aromatic carbocycles. The zero-order valence-electron chi connectivity index (χ0n) is 22.0. The summed E-state index contributed by atoms with van der Waals surface area (Å²) >= 11 is 1.78. The summed E-state index contributed by atoms with van der Waals surface area (Å²) in [4.78, 5) is 31.4. The molecule has 5 rings (SSSR count). The maximum atomic E-state index is 14.8. The predicted octanol–water partition coefficient (Wildman–Crippen LogP) is 4.16. The summed E-state index contributed by atoms with van der Waals surface area (Å²) in [5, 5.41) is 11.2. The van der Waals surface area contributed by atoms with Gasteiger partial charge in [0.25, 0.3) is 5.56 Å². The van der Waals surface area contributed by atoms with Crippen LogP contribution in [0.5, 0.6) is 0 Å². The summed E-state index contributed by atoms with van der Waals surface area (Å²) < 4.78 is 57.5. The molecule has 0 unspecified atom stereocenters. The molecule has 0 atom stereocenters. The molecule has 9 nitrogen and oxygen atoms in total. The highest BCUT2D eigenvalue weighted by atomic mass is 32.2. The van der Waals surface area contributed by atoms with Crippen molar-refractivity contribution in [2.75, 3.05) is 44.8 Å². The largest absolute Gasteiger partial charge is 0.490 e. The Kier molecular flexibility index (Phi) is 10.7. The van der Waals surface area contributed by atoms with Crippen molar-refractivity contribution in [1.29, 1.82) is 0 Å². The standard InChI is InChI=1S/C24H33FN4O3S.C2HF3O2/c25-20-13-17(26-16-1-3-18(4-2-16)29-7-11-32-12-8-29)14-21-23(20)24(30)28-22(27-21)15-33-19-5-9-31-10-6-19;3-2(4,5)1(6)7/h13-14,16,18-19,26H,1-12,15H2,(H,27,28,30);(H,6,7)/t16-,18-;. The molecular weight excluding hydrogens is 556 g/mol. The molecule has 1 saturated carbocycles. The van der Waals surface area contributed by atoms with Crippen molar-refractivity contribution in [3.8, 4) is 0 Å². The molecule has 222 valence electrons. The van der Waals surface area contributed by atoms with Crippen LogP contribution in [-0.2, 0) is 20.0 Å². The molecule has 40 heavy (non-hydrogen) atoms. The molecule has 3 N–H and O–H groups in total. The number of anilines is 1. The molecule has 2 saturated heterocycles. The molecule has 0 bridgehead atoms. The van der Waals surface area contributed by atoms with Crippen LogP contribution in [0, 0.1) is 5.82 Å². The lowest BCUT2D eigenvalue weighted by atomic mass is 9.89. The first-order valence-corrected chi connectivity index (χ1v) is 14.4. The van der Waals surface area contributed by atoms with Gasteiger partial charge in [-0.05, 0) is 50.7 Å². The lowest BCUT2D eigenvalue weighted by molar-refractivity contribution is -0.192. The van der Waals surface area contributed by atoms with Gasteiger partial charge in [0.2, 0.25) is 0 Å². The topological polar surface area (TPSA) is 117 Å². The van der Waals surface area contributed by atoms with E-state index in [0.717, 1.165) is 78.0 Å². The molecule has 3 aliphatic rings. The fourth-order valence-corrected chi connectivity index (χ4v) is 6.28.